The predicted octanol–water partition coefficient (Wildman–Crippen LogP) is 5.56. The van der Waals surface area contributed by atoms with E-state index in [-0.39, 0.29) is 24.7 Å². The Kier molecular flexibility index (Phi) is 9.05. The second-order valence-corrected chi connectivity index (χ2v) is 12.6. The fraction of sp³-hybridized carbons (Fsp3) is 0.484. The van der Waals surface area contributed by atoms with Crippen LogP contribution < -0.4 is 4.90 Å². The van der Waals surface area contributed by atoms with Gasteiger partial charge in [0.2, 0.25) is 5.91 Å². The molecule has 2 aromatic rings. The first-order valence-electron chi connectivity index (χ1n) is 13.3. The number of hydrogen-bond acceptors (Lipinski definition) is 7. The molecule has 1 saturated heterocycles. The van der Waals surface area contributed by atoms with E-state index in [4.69, 9.17) is 21.7 Å². The number of benzene rings is 2. The van der Waals surface area contributed by atoms with Gasteiger partial charge in [0, 0.05) is 23.4 Å². The van der Waals surface area contributed by atoms with Crippen molar-refractivity contribution in [1.82, 2.24) is 0 Å². The molecule has 6 atom stereocenters. The molecule has 1 amide bonds. The van der Waals surface area contributed by atoms with E-state index in [1.54, 1.807) is 6.92 Å². The second kappa shape index (κ2) is 11.8. The van der Waals surface area contributed by atoms with E-state index in [0.29, 0.717) is 17.1 Å². The molecule has 1 saturated carbocycles. The predicted molar refractivity (Wildman–Crippen MR) is 160 cm³/mol. The van der Waals surface area contributed by atoms with Crippen molar-refractivity contribution in [2.75, 3.05) is 17.8 Å². The molecule has 0 aromatic heterocycles. The molecule has 1 aliphatic carbocycles. The highest BCUT2D eigenvalue weighted by Crippen LogP contribution is 2.64. The fourth-order valence-corrected chi connectivity index (χ4v) is 7.54. The van der Waals surface area contributed by atoms with Crippen LogP contribution in [0.3, 0.4) is 0 Å². The van der Waals surface area contributed by atoms with Crippen LogP contribution in [0.15, 0.2) is 77.2 Å². The summed E-state index contributed by atoms with van der Waals surface area (Å²) in [6, 6.07) is 19.0. The fourth-order valence-electron chi connectivity index (χ4n) is 6.23. The van der Waals surface area contributed by atoms with Crippen molar-refractivity contribution < 1.29 is 24.5 Å². The second-order valence-electron chi connectivity index (χ2n) is 10.9. The standard InChI is InChI=1S/C31H39NO5S2/c1-21(2)16-17-26-29(4,37-26)31(28(34)32(22(3)38)23-12-8-6-9-13-23)27(36-5)25(33)18-19-30(31,35)20-39-24-14-10-7-11-15-24/h6-16,25-27,33,35H,17-20H2,1-5H3. The average Bonchev–Trinajstić information content (AvgIpc) is 3.59. The van der Waals surface area contributed by atoms with E-state index >= 15 is 4.79 Å². The summed E-state index contributed by atoms with van der Waals surface area (Å²) in [6.45, 7) is 7.60. The molecule has 2 aliphatic rings. The zero-order chi connectivity index (χ0) is 28.4. The van der Waals surface area contributed by atoms with Crippen LogP contribution in [0.4, 0.5) is 5.69 Å². The number of carbonyl (C=O) groups is 1. The van der Waals surface area contributed by atoms with Gasteiger partial charge in [-0.3, -0.25) is 9.69 Å². The maximum atomic E-state index is 15.2. The number of carbonyl (C=O) groups excluding carboxylic acids is 1. The lowest BCUT2D eigenvalue weighted by molar-refractivity contribution is -0.225. The summed E-state index contributed by atoms with van der Waals surface area (Å²) < 4.78 is 12.4. The number of nitrogens with zero attached hydrogens (tertiary/aromatic N) is 1. The molecule has 8 heteroatoms. The van der Waals surface area contributed by atoms with Gasteiger partial charge in [0.25, 0.3) is 0 Å². The number of allylic oxidation sites excluding steroid dienone is 1. The minimum atomic E-state index is -1.66. The largest absolute Gasteiger partial charge is 0.390 e. The van der Waals surface area contributed by atoms with Gasteiger partial charge < -0.3 is 19.7 Å². The van der Waals surface area contributed by atoms with E-state index in [1.807, 2.05) is 81.4 Å². The first-order chi connectivity index (χ1) is 18.5. The van der Waals surface area contributed by atoms with Crippen LogP contribution in [0.2, 0.25) is 0 Å². The van der Waals surface area contributed by atoms with Gasteiger partial charge in [-0.2, -0.15) is 0 Å². The molecule has 2 aromatic carbocycles. The third-order valence-electron chi connectivity index (χ3n) is 8.18. The van der Waals surface area contributed by atoms with Gasteiger partial charge in [-0.25, -0.2) is 0 Å². The smallest absolute Gasteiger partial charge is 0.246 e. The van der Waals surface area contributed by atoms with Crippen LogP contribution in [0.5, 0.6) is 0 Å². The van der Waals surface area contributed by atoms with Crippen molar-refractivity contribution in [3.63, 3.8) is 0 Å². The third kappa shape index (κ3) is 5.35. The number of thiocarbonyl (C=S) groups is 1. The Hall–Kier alpha value is -2.07. The Morgan fingerprint density at radius 3 is 2.33 bits per heavy atom. The number of amides is 1. The maximum Gasteiger partial charge on any atom is 0.246 e. The Morgan fingerprint density at radius 2 is 1.77 bits per heavy atom. The topological polar surface area (TPSA) is 82.5 Å². The molecule has 6 nitrogen and oxygen atoms in total. The van der Waals surface area contributed by atoms with E-state index in [1.165, 1.54) is 23.8 Å². The van der Waals surface area contributed by atoms with Crippen LogP contribution in [0.1, 0.15) is 47.0 Å². The number of rotatable bonds is 9. The number of ether oxygens (including phenoxy) is 2. The molecule has 1 aliphatic heterocycles. The first kappa shape index (κ1) is 29.9. The van der Waals surface area contributed by atoms with Crippen LogP contribution in [-0.2, 0) is 14.3 Å². The SMILES string of the molecule is COC1C(O)CCC(O)(CSc2ccccc2)C1(C(=O)N(C(C)=S)c1ccccc1)C1(C)OC1CC=C(C)C. The quantitative estimate of drug-likeness (QED) is 0.177. The lowest BCUT2D eigenvalue weighted by Gasteiger charge is -2.57. The number of thioether (sulfide) groups is 1. The molecule has 0 spiro atoms. The highest BCUT2D eigenvalue weighted by molar-refractivity contribution is 7.99. The maximum absolute atomic E-state index is 15.2. The zero-order valence-electron chi connectivity index (χ0n) is 23.3. The van der Waals surface area contributed by atoms with Gasteiger partial charge in [0.1, 0.15) is 17.1 Å². The number of anilines is 1. The highest BCUT2D eigenvalue weighted by atomic mass is 32.2. The number of hydrogen-bond donors (Lipinski definition) is 2. The average molecular weight is 570 g/mol. The molecular weight excluding hydrogens is 530 g/mol. The highest BCUT2D eigenvalue weighted by Gasteiger charge is 2.81. The van der Waals surface area contributed by atoms with Crippen molar-refractivity contribution in [2.45, 2.75) is 81.4 Å². The third-order valence-corrected chi connectivity index (χ3v) is 9.59. The molecule has 6 unspecified atom stereocenters. The number of epoxide rings is 1. The van der Waals surface area contributed by atoms with Gasteiger partial charge in [-0.1, -0.05) is 60.3 Å². The monoisotopic (exact) mass is 569 g/mol. The number of methoxy groups -OCH3 is 1. The van der Waals surface area contributed by atoms with Crippen molar-refractivity contribution in [3.05, 3.63) is 72.3 Å². The lowest BCUT2D eigenvalue weighted by atomic mass is 9.53. The molecule has 2 N–H and O–H groups in total. The van der Waals surface area contributed by atoms with Gasteiger partial charge >= 0.3 is 0 Å². The summed E-state index contributed by atoms with van der Waals surface area (Å²) in [5, 5.41) is 24.1. The Balaban J connectivity index is 1.92. The van der Waals surface area contributed by atoms with Crippen LogP contribution in [0, 0.1) is 5.41 Å². The van der Waals surface area contributed by atoms with Crippen molar-refractivity contribution in [2.24, 2.45) is 5.41 Å². The van der Waals surface area contributed by atoms with E-state index < -0.39 is 34.7 Å². The lowest BCUT2D eigenvalue weighted by Crippen LogP contribution is -2.75. The van der Waals surface area contributed by atoms with Crippen LogP contribution >= 0.6 is 24.0 Å². The van der Waals surface area contributed by atoms with Crippen molar-refractivity contribution in [3.8, 4) is 0 Å². The molecule has 210 valence electrons. The number of aliphatic hydroxyl groups is 2. The summed E-state index contributed by atoms with van der Waals surface area (Å²) in [6.07, 6.45) is 0.784. The van der Waals surface area contributed by atoms with Crippen molar-refractivity contribution in [1.29, 1.82) is 0 Å². The number of aliphatic hydroxyl groups excluding tert-OH is 1. The van der Waals surface area contributed by atoms with E-state index in [2.05, 4.69) is 6.08 Å². The van der Waals surface area contributed by atoms with Crippen molar-refractivity contribution >= 4 is 40.6 Å². The minimum absolute atomic E-state index is 0.201. The molecule has 2 fully saturated rings. The molecule has 0 radical (unpaired) electrons. The van der Waals surface area contributed by atoms with Crippen LogP contribution in [0.25, 0.3) is 0 Å². The summed E-state index contributed by atoms with van der Waals surface area (Å²) in [5.41, 5.74) is -2.65. The number of para-hydroxylation sites is 1. The molecule has 39 heavy (non-hydrogen) atoms. The van der Waals surface area contributed by atoms with Gasteiger partial charge in [0.05, 0.1) is 22.8 Å². The molecular formula is C31H39NO5S2. The summed E-state index contributed by atoms with van der Waals surface area (Å²) in [7, 11) is 1.49. The minimum Gasteiger partial charge on any atom is -0.390 e. The van der Waals surface area contributed by atoms with E-state index in [0.717, 1.165) is 10.5 Å². The normalized spacial score (nSPS) is 31.8. The summed E-state index contributed by atoms with van der Waals surface area (Å²) >= 11 is 7.12. The summed E-state index contributed by atoms with van der Waals surface area (Å²) in [4.78, 5) is 17.9. The summed E-state index contributed by atoms with van der Waals surface area (Å²) in [5.74, 6) is -0.215. The molecule has 0 bridgehead atoms. The van der Waals surface area contributed by atoms with Crippen LogP contribution in [-0.4, -0.2) is 63.5 Å². The molecule has 1 heterocycles. The zero-order valence-corrected chi connectivity index (χ0v) is 24.9. The van der Waals surface area contributed by atoms with Gasteiger partial charge in [-0.05, 0) is 71.2 Å². The first-order valence-corrected chi connectivity index (χ1v) is 14.7. The Morgan fingerprint density at radius 1 is 1.15 bits per heavy atom. The van der Waals surface area contributed by atoms with Gasteiger partial charge in [0.15, 0.2) is 0 Å². The molecule has 4 rings (SSSR count). The van der Waals surface area contributed by atoms with E-state index in [9.17, 15) is 10.2 Å². The van der Waals surface area contributed by atoms with Gasteiger partial charge in [-0.15, -0.1) is 11.8 Å². The Labute approximate surface area is 241 Å². The Bertz CT molecular complexity index is 1200.